The van der Waals surface area contributed by atoms with E-state index in [-0.39, 0.29) is 24.6 Å². The van der Waals surface area contributed by atoms with Crippen molar-refractivity contribution in [1.29, 1.82) is 0 Å². The van der Waals surface area contributed by atoms with Crippen LogP contribution in [0.3, 0.4) is 0 Å². The Morgan fingerprint density at radius 1 is 1.12 bits per heavy atom. The van der Waals surface area contributed by atoms with Crippen molar-refractivity contribution in [1.82, 2.24) is 0 Å². The number of benzene rings is 2. The van der Waals surface area contributed by atoms with Crippen LogP contribution in [0.25, 0.3) is 0 Å². The summed E-state index contributed by atoms with van der Waals surface area (Å²) in [5, 5.41) is 2.86. The Labute approximate surface area is 153 Å². The lowest BCUT2D eigenvalue weighted by Gasteiger charge is -2.21. The van der Waals surface area contributed by atoms with Crippen LogP contribution in [-0.4, -0.2) is 18.4 Å². The van der Waals surface area contributed by atoms with E-state index in [1.165, 1.54) is 24.0 Å². The lowest BCUT2D eigenvalue weighted by Crippen LogP contribution is -2.31. The summed E-state index contributed by atoms with van der Waals surface area (Å²) in [4.78, 5) is 25.2. The Balaban J connectivity index is 2.02. The molecule has 0 bridgehead atoms. The van der Waals surface area contributed by atoms with Crippen molar-refractivity contribution in [3.05, 3.63) is 59.1 Å². The number of carbonyl (C=O) groups is 2. The van der Waals surface area contributed by atoms with Gasteiger partial charge in [-0.05, 0) is 36.4 Å². The molecule has 0 aliphatic carbocycles. The highest BCUT2D eigenvalue weighted by atomic mass is 35.5. The van der Waals surface area contributed by atoms with E-state index in [1.807, 2.05) is 0 Å². The third-order valence-electron chi connectivity index (χ3n) is 3.54. The predicted octanol–water partition coefficient (Wildman–Crippen LogP) is 4.74. The second-order valence-corrected chi connectivity index (χ2v) is 5.96. The lowest BCUT2D eigenvalue weighted by molar-refractivity contribution is -0.137. The molecule has 0 aromatic heterocycles. The SMILES string of the molecule is CC(=O)N(CCC(=O)Nc1cccc(C(F)(F)F)c1)c1cccc(Cl)c1. The van der Waals surface area contributed by atoms with Gasteiger partial charge in [0.1, 0.15) is 0 Å². The molecule has 2 rings (SSSR count). The van der Waals surface area contributed by atoms with Crippen molar-refractivity contribution in [2.45, 2.75) is 19.5 Å². The first kappa shape index (κ1) is 19.8. The molecule has 0 radical (unpaired) electrons. The first-order valence-corrected chi connectivity index (χ1v) is 8.05. The molecule has 0 unspecified atom stereocenters. The Morgan fingerprint density at radius 2 is 1.81 bits per heavy atom. The summed E-state index contributed by atoms with van der Waals surface area (Å²) in [7, 11) is 0. The normalized spacial score (nSPS) is 11.1. The molecule has 26 heavy (non-hydrogen) atoms. The average Bonchev–Trinajstić information content (AvgIpc) is 2.54. The van der Waals surface area contributed by atoms with Gasteiger partial charge in [0.15, 0.2) is 0 Å². The number of carbonyl (C=O) groups excluding carboxylic acids is 2. The van der Waals surface area contributed by atoms with Gasteiger partial charge in [-0.2, -0.15) is 13.2 Å². The topological polar surface area (TPSA) is 49.4 Å². The molecule has 0 saturated carbocycles. The van der Waals surface area contributed by atoms with Crippen LogP contribution in [0.15, 0.2) is 48.5 Å². The van der Waals surface area contributed by atoms with Crippen molar-refractivity contribution in [2.75, 3.05) is 16.8 Å². The smallest absolute Gasteiger partial charge is 0.326 e. The second kappa shape index (κ2) is 8.23. The van der Waals surface area contributed by atoms with Crippen molar-refractivity contribution in [3.63, 3.8) is 0 Å². The molecule has 2 aromatic carbocycles. The minimum atomic E-state index is -4.49. The van der Waals surface area contributed by atoms with Gasteiger partial charge in [-0.1, -0.05) is 23.7 Å². The van der Waals surface area contributed by atoms with Crippen molar-refractivity contribution < 1.29 is 22.8 Å². The molecule has 0 atom stereocenters. The molecule has 2 amide bonds. The van der Waals surface area contributed by atoms with E-state index >= 15 is 0 Å². The predicted molar refractivity (Wildman–Crippen MR) is 94.2 cm³/mol. The van der Waals surface area contributed by atoms with E-state index in [1.54, 1.807) is 24.3 Å². The fourth-order valence-corrected chi connectivity index (χ4v) is 2.51. The number of hydrogen-bond donors (Lipinski definition) is 1. The number of amides is 2. The zero-order chi connectivity index (χ0) is 19.3. The van der Waals surface area contributed by atoms with Crippen LogP contribution in [0.4, 0.5) is 24.5 Å². The molecule has 4 nitrogen and oxygen atoms in total. The van der Waals surface area contributed by atoms with E-state index in [2.05, 4.69) is 5.32 Å². The van der Waals surface area contributed by atoms with E-state index in [9.17, 15) is 22.8 Å². The van der Waals surface area contributed by atoms with Gasteiger partial charge in [0, 0.05) is 36.3 Å². The minimum Gasteiger partial charge on any atom is -0.326 e. The van der Waals surface area contributed by atoms with E-state index in [4.69, 9.17) is 11.6 Å². The van der Waals surface area contributed by atoms with Gasteiger partial charge in [-0.25, -0.2) is 0 Å². The molecule has 1 N–H and O–H groups in total. The fraction of sp³-hybridized carbons (Fsp3) is 0.222. The third-order valence-corrected chi connectivity index (χ3v) is 3.77. The summed E-state index contributed by atoms with van der Waals surface area (Å²) >= 11 is 5.91. The van der Waals surface area contributed by atoms with Gasteiger partial charge >= 0.3 is 6.18 Å². The first-order chi connectivity index (χ1) is 12.2. The maximum atomic E-state index is 12.7. The molecule has 0 aliphatic rings. The minimum absolute atomic E-state index is 0.0435. The molecule has 0 heterocycles. The molecule has 138 valence electrons. The fourth-order valence-electron chi connectivity index (χ4n) is 2.32. The number of rotatable bonds is 5. The highest BCUT2D eigenvalue weighted by molar-refractivity contribution is 6.30. The van der Waals surface area contributed by atoms with Gasteiger partial charge in [-0.15, -0.1) is 0 Å². The summed E-state index contributed by atoms with van der Waals surface area (Å²) in [6.07, 6.45) is -4.57. The molecular weight excluding hydrogens is 369 g/mol. The van der Waals surface area contributed by atoms with Gasteiger partial charge in [0.2, 0.25) is 11.8 Å². The van der Waals surface area contributed by atoms with Crippen LogP contribution < -0.4 is 10.2 Å². The Bertz CT molecular complexity index is 809. The largest absolute Gasteiger partial charge is 0.416 e. The Morgan fingerprint density at radius 3 is 2.42 bits per heavy atom. The molecule has 0 spiro atoms. The van der Waals surface area contributed by atoms with Crippen molar-refractivity contribution in [3.8, 4) is 0 Å². The number of alkyl halides is 3. The zero-order valence-electron chi connectivity index (χ0n) is 13.8. The first-order valence-electron chi connectivity index (χ1n) is 7.67. The third kappa shape index (κ3) is 5.49. The molecular formula is C18H16ClF3N2O2. The summed E-state index contributed by atoms with van der Waals surface area (Å²) in [6, 6.07) is 11.0. The summed E-state index contributed by atoms with van der Waals surface area (Å²) < 4.78 is 38.1. The van der Waals surface area contributed by atoms with E-state index in [0.717, 1.165) is 12.1 Å². The zero-order valence-corrected chi connectivity index (χ0v) is 14.6. The molecule has 8 heteroatoms. The van der Waals surface area contributed by atoms with Crippen LogP contribution in [-0.2, 0) is 15.8 Å². The maximum Gasteiger partial charge on any atom is 0.416 e. The Kier molecular flexibility index (Phi) is 6.26. The quantitative estimate of drug-likeness (QED) is 0.809. The van der Waals surface area contributed by atoms with Crippen LogP contribution in [0.5, 0.6) is 0 Å². The summed E-state index contributed by atoms with van der Waals surface area (Å²) in [5.74, 6) is -0.781. The van der Waals surface area contributed by atoms with Crippen molar-refractivity contribution in [2.24, 2.45) is 0 Å². The number of halogens is 4. The second-order valence-electron chi connectivity index (χ2n) is 5.53. The number of hydrogen-bond acceptors (Lipinski definition) is 2. The van der Waals surface area contributed by atoms with Crippen LogP contribution in [0, 0.1) is 0 Å². The number of nitrogens with one attached hydrogen (secondary N) is 1. The number of anilines is 2. The van der Waals surface area contributed by atoms with Crippen molar-refractivity contribution >= 4 is 34.8 Å². The van der Waals surface area contributed by atoms with Crippen LogP contribution >= 0.6 is 11.6 Å². The maximum absolute atomic E-state index is 12.7. The van der Waals surface area contributed by atoms with Crippen LogP contribution in [0.2, 0.25) is 5.02 Å². The highest BCUT2D eigenvalue weighted by Crippen LogP contribution is 2.30. The summed E-state index contributed by atoms with van der Waals surface area (Å²) in [6.45, 7) is 1.42. The standard InChI is InChI=1S/C18H16ClF3N2O2/c1-12(25)24(16-7-3-5-14(19)11-16)9-8-17(26)23-15-6-2-4-13(10-15)18(20,21)22/h2-7,10-11H,8-9H2,1H3,(H,23,26). The molecule has 0 fully saturated rings. The Hall–Kier alpha value is -2.54. The highest BCUT2D eigenvalue weighted by Gasteiger charge is 2.30. The molecule has 2 aromatic rings. The monoisotopic (exact) mass is 384 g/mol. The lowest BCUT2D eigenvalue weighted by atomic mass is 10.2. The van der Waals surface area contributed by atoms with Gasteiger partial charge in [0.25, 0.3) is 0 Å². The van der Waals surface area contributed by atoms with Gasteiger partial charge < -0.3 is 10.2 Å². The average molecular weight is 385 g/mol. The van der Waals surface area contributed by atoms with E-state index in [0.29, 0.717) is 10.7 Å². The summed E-state index contributed by atoms with van der Waals surface area (Å²) in [5.41, 5.74) is -0.265. The van der Waals surface area contributed by atoms with E-state index < -0.39 is 17.6 Å². The molecule has 0 saturated heterocycles. The van der Waals surface area contributed by atoms with Gasteiger partial charge in [-0.3, -0.25) is 9.59 Å². The number of nitrogens with zero attached hydrogens (tertiary/aromatic N) is 1. The van der Waals surface area contributed by atoms with Crippen LogP contribution in [0.1, 0.15) is 18.9 Å². The molecule has 0 aliphatic heterocycles. The van der Waals surface area contributed by atoms with Gasteiger partial charge in [0.05, 0.1) is 5.56 Å².